The average Bonchev–Trinajstić information content (AvgIpc) is 2.00. The first-order valence-electron chi connectivity index (χ1n) is 2.58. The van der Waals surface area contributed by atoms with E-state index in [1.165, 1.54) is 12.1 Å². The molecular formula is C7H7ClF2. The van der Waals surface area contributed by atoms with Crippen LogP contribution in [0.3, 0.4) is 0 Å². The summed E-state index contributed by atoms with van der Waals surface area (Å²) in [5.41, 5.74) is 0. The molecule has 0 aromatic heterocycles. The lowest BCUT2D eigenvalue weighted by atomic mass is 10.4. The molecule has 0 saturated carbocycles. The number of rotatable bonds is 0. The second-order valence-corrected chi connectivity index (χ2v) is 1.82. The third-order valence-electron chi connectivity index (χ3n) is 0.824. The SMILES string of the molecule is CF.Fc1ccccc1Cl. The summed E-state index contributed by atoms with van der Waals surface area (Å²) in [5.74, 6) is -0.367. The number of alkyl halides is 1. The second-order valence-electron chi connectivity index (χ2n) is 1.41. The van der Waals surface area contributed by atoms with Crippen LogP contribution in [0.25, 0.3) is 0 Å². The molecule has 0 saturated heterocycles. The fraction of sp³-hybridized carbons (Fsp3) is 0.143. The van der Waals surface area contributed by atoms with Crippen molar-refractivity contribution in [2.24, 2.45) is 0 Å². The summed E-state index contributed by atoms with van der Waals surface area (Å²) in [5, 5.41) is 0.174. The zero-order valence-corrected chi connectivity index (χ0v) is 6.20. The Morgan fingerprint density at radius 3 is 2.00 bits per heavy atom. The molecule has 0 fully saturated rings. The normalized spacial score (nSPS) is 8.00. The van der Waals surface area contributed by atoms with E-state index in [4.69, 9.17) is 11.6 Å². The highest BCUT2D eigenvalue weighted by Crippen LogP contribution is 2.11. The average molecular weight is 165 g/mol. The molecule has 0 amide bonds. The van der Waals surface area contributed by atoms with Crippen LogP contribution in [0.1, 0.15) is 0 Å². The van der Waals surface area contributed by atoms with E-state index in [1.807, 2.05) is 0 Å². The molecule has 0 bridgehead atoms. The maximum absolute atomic E-state index is 12.2. The van der Waals surface area contributed by atoms with Crippen molar-refractivity contribution in [1.29, 1.82) is 0 Å². The molecule has 1 rings (SSSR count). The van der Waals surface area contributed by atoms with Crippen LogP contribution in [0.15, 0.2) is 24.3 Å². The molecule has 0 N–H and O–H groups in total. The van der Waals surface area contributed by atoms with E-state index in [2.05, 4.69) is 0 Å². The Morgan fingerprint density at radius 2 is 1.70 bits per heavy atom. The Kier molecular flexibility index (Phi) is 4.85. The van der Waals surface area contributed by atoms with Crippen molar-refractivity contribution in [2.45, 2.75) is 0 Å². The quantitative estimate of drug-likeness (QED) is 0.553. The standard InChI is InChI=1S/C6H4ClF.CH3F/c7-5-3-1-2-4-6(5)8;1-2/h1-4H;1H3. The molecule has 0 aliphatic heterocycles. The molecule has 0 atom stereocenters. The van der Waals surface area contributed by atoms with Crippen molar-refractivity contribution in [3.05, 3.63) is 35.1 Å². The van der Waals surface area contributed by atoms with Crippen LogP contribution in [0, 0.1) is 5.82 Å². The van der Waals surface area contributed by atoms with E-state index in [9.17, 15) is 8.78 Å². The third kappa shape index (κ3) is 2.78. The van der Waals surface area contributed by atoms with Crippen molar-refractivity contribution in [3.63, 3.8) is 0 Å². The summed E-state index contributed by atoms with van der Waals surface area (Å²) in [6.07, 6.45) is 0. The predicted molar refractivity (Wildman–Crippen MR) is 38.4 cm³/mol. The maximum atomic E-state index is 12.2. The van der Waals surface area contributed by atoms with Gasteiger partial charge in [0.05, 0.1) is 12.2 Å². The smallest absolute Gasteiger partial charge is 0.141 e. The van der Waals surface area contributed by atoms with E-state index in [-0.39, 0.29) is 10.8 Å². The Labute approximate surface area is 63.4 Å². The molecule has 1 aromatic carbocycles. The first kappa shape index (κ1) is 9.37. The minimum Gasteiger partial charge on any atom is -0.255 e. The number of hydrogen-bond acceptors (Lipinski definition) is 0. The summed E-state index contributed by atoms with van der Waals surface area (Å²) in [4.78, 5) is 0. The highest BCUT2D eigenvalue weighted by Gasteiger charge is 1.91. The minimum atomic E-state index is -0.367. The molecule has 0 aliphatic rings. The Morgan fingerprint density at radius 1 is 1.20 bits per heavy atom. The molecule has 0 unspecified atom stereocenters. The van der Waals surface area contributed by atoms with Crippen LogP contribution in [-0.4, -0.2) is 7.18 Å². The van der Waals surface area contributed by atoms with Gasteiger partial charge in [0.25, 0.3) is 0 Å². The second kappa shape index (κ2) is 5.18. The van der Waals surface area contributed by atoms with Gasteiger partial charge in [-0.1, -0.05) is 23.7 Å². The largest absolute Gasteiger partial charge is 0.255 e. The van der Waals surface area contributed by atoms with E-state index in [0.29, 0.717) is 7.18 Å². The molecule has 0 spiro atoms. The van der Waals surface area contributed by atoms with Gasteiger partial charge < -0.3 is 0 Å². The highest BCUT2D eigenvalue weighted by atomic mass is 35.5. The zero-order valence-electron chi connectivity index (χ0n) is 5.44. The minimum absolute atomic E-state index is 0.174. The number of hydrogen-bond donors (Lipinski definition) is 0. The van der Waals surface area contributed by atoms with E-state index >= 15 is 0 Å². The Balaban J connectivity index is 0.000000371. The van der Waals surface area contributed by atoms with Gasteiger partial charge in [0, 0.05) is 0 Å². The van der Waals surface area contributed by atoms with Crippen molar-refractivity contribution in [3.8, 4) is 0 Å². The van der Waals surface area contributed by atoms with Gasteiger partial charge in [-0.2, -0.15) is 0 Å². The lowest BCUT2D eigenvalue weighted by molar-refractivity contribution is 0.628. The maximum Gasteiger partial charge on any atom is 0.141 e. The molecule has 0 heterocycles. The fourth-order valence-corrected chi connectivity index (χ4v) is 0.575. The summed E-state index contributed by atoms with van der Waals surface area (Å²) in [6, 6.07) is 6.12. The summed E-state index contributed by atoms with van der Waals surface area (Å²) in [6.45, 7) is 0. The highest BCUT2D eigenvalue weighted by molar-refractivity contribution is 6.30. The zero-order chi connectivity index (χ0) is 7.98. The lowest BCUT2D eigenvalue weighted by Crippen LogP contribution is -1.70. The van der Waals surface area contributed by atoms with Gasteiger partial charge in [0.1, 0.15) is 5.82 Å². The van der Waals surface area contributed by atoms with Gasteiger partial charge in [0.15, 0.2) is 0 Å². The van der Waals surface area contributed by atoms with Gasteiger partial charge in [-0.15, -0.1) is 0 Å². The van der Waals surface area contributed by atoms with Crippen LogP contribution in [0.4, 0.5) is 8.78 Å². The van der Waals surface area contributed by atoms with Crippen molar-refractivity contribution < 1.29 is 8.78 Å². The van der Waals surface area contributed by atoms with Crippen molar-refractivity contribution >= 4 is 11.6 Å². The molecule has 0 aliphatic carbocycles. The first-order chi connectivity index (χ1) is 4.80. The molecule has 0 nitrogen and oxygen atoms in total. The van der Waals surface area contributed by atoms with Crippen LogP contribution in [0.5, 0.6) is 0 Å². The fourth-order valence-electron chi connectivity index (χ4n) is 0.439. The van der Waals surface area contributed by atoms with Crippen molar-refractivity contribution in [2.75, 3.05) is 7.18 Å². The van der Waals surface area contributed by atoms with Gasteiger partial charge in [0.2, 0.25) is 0 Å². The van der Waals surface area contributed by atoms with Crippen LogP contribution >= 0.6 is 11.6 Å². The van der Waals surface area contributed by atoms with Gasteiger partial charge in [-0.3, -0.25) is 4.39 Å². The predicted octanol–water partition coefficient (Wildman–Crippen LogP) is 3.06. The first-order valence-corrected chi connectivity index (χ1v) is 2.96. The summed E-state index contributed by atoms with van der Waals surface area (Å²) in [7, 11) is 0.500. The van der Waals surface area contributed by atoms with E-state index in [1.54, 1.807) is 12.1 Å². The molecule has 10 heavy (non-hydrogen) atoms. The Bertz CT molecular complexity index is 168. The van der Waals surface area contributed by atoms with Gasteiger partial charge in [-0.25, -0.2) is 4.39 Å². The van der Waals surface area contributed by atoms with Gasteiger partial charge in [-0.05, 0) is 12.1 Å². The molecule has 56 valence electrons. The van der Waals surface area contributed by atoms with Crippen LogP contribution < -0.4 is 0 Å². The van der Waals surface area contributed by atoms with Crippen LogP contribution in [-0.2, 0) is 0 Å². The molecule has 1 aromatic rings. The van der Waals surface area contributed by atoms with Gasteiger partial charge >= 0.3 is 0 Å². The summed E-state index contributed by atoms with van der Waals surface area (Å²) >= 11 is 5.33. The number of benzene rings is 1. The Hall–Kier alpha value is -0.630. The third-order valence-corrected chi connectivity index (χ3v) is 1.13. The van der Waals surface area contributed by atoms with Crippen LogP contribution in [0.2, 0.25) is 5.02 Å². The molecule has 0 radical (unpaired) electrons. The summed E-state index contributed by atoms with van der Waals surface area (Å²) < 4.78 is 21.7. The van der Waals surface area contributed by atoms with E-state index in [0.717, 1.165) is 0 Å². The number of halogens is 3. The monoisotopic (exact) mass is 164 g/mol. The molecule has 3 heteroatoms. The topological polar surface area (TPSA) is 0 Å². The molecular weight excluding hydrogens is 158 g/mol. The lowest BCUT2D eigenvalue weighted by Gasteiger charge is -1.86. The van der Waals surface area contributed by atoms with E-state index < -0.39 is 0 Å². The van der Waals surface area contributed by atoms with Crippen molar-refractivity contribution in [1.82, 2.24) is 0 Å².